The Morgan fingerprint density at radius 2 is 1.03 bits per heavy atom. The average molecular weight is 794 g/mol. The van der Waals surface area contributed by atoms with Crippen LogP contribution in [0.25, 0.3) is 93.2 Å². The second kappa shape index (κ2) is 14.2. The van der Waals surface area contributed by atoms with Gasteiger partial charge in [-0.15, -0.1) is 0 Å². The fourth-order valence-corrected chi connectivity index (χ4v) is 8.66. The highest BCUT2D eigenvalue weighted by Crippen LogP contribution is 2.43. The van der Waals surface area contributed by atoms with Crippen molar-refractivity contribution >= 4 is 49.3 Å². The smallest absolute Gasteiger partial charge is 0.309 e. The number of alkyl halides is 3. The van der Waals surface area contributed by atoms with Gasteiger partial charge in [0.05, 0.1) is 62.8 Å². The van der Waals surface area contributed by atoms with Crippen LogP contribution in [-0.2, 0) is 6.18 Å². The van der Waals surface area contributed by atoms with Gasteiger partial charge in [0.1, 0.15) is 6.07 Å². The van der Waals surface area contributed by atoms with E-state index in [4.69, 9.17) is 6.57 Å². The van der Waals surface area contributed by atoms with Gasteiger partial charge in [-0.3, -0.25) is 0 Å². The van der Waals surface area contributed by atoms with Crippen LogP contribution in [0.5, 0.6) is 0 Å². The summed E-state index contributed by atoms with van der Waals surface area (Å²) in [5.41, 5.74) is 10.2. The highest BCUT2D eigenvalue weighted by Gasteiger charge is 2.32. The van der Waals surface area contributed by atoms with Gasteiger partial charge in [-0.25, -0.2) is 4.85 Å². The van der Waals surface area contributed by atoms with Crippen LogP contribution in [0.4, 0.5) is 18.9 Å². The summed E-state index contributed by atoms with van der Waals surface area (Å²) in [6.07, 6.45) is -4.59. The van der Waals surface area contributed by atoms with E-state index in [0.717, 1.165) is 71.9 Å². The van der Waals surface area contributed by atoms with Crippen molar-refractivity contribution in [3.05, 3.63) is 197 Å². The maximum atomic E-state index is 14.6. The van der Waals surface area contributed by atoms with Gasteiger partial charge in [-0.05, 0) is 113 Å². The van der Waals surface area contributed by atoms with Crippen molar-refractivity contribution in [2.24, 2.45) is 0 Å². The molecule has 0 unspecified atom stereocenters. The Morgan fingerprint density at radius 3 is 1.57 bits per heavy atom. The van der Waals surface area contributed by atoms with Crippen molar-refractivity contribution in [3.8, 4) is 56.9 Å². The number of fused-ring (bicyclic) bond motifs is 6. The third-order valence-corrected chi connectivity index (χ3v) is 11.5. The van der Waals surface area contributed by atoms with E-state index >= 15 is 0 Å². The molecule has 0 aliphatic rings. The number of nitriles is 2. The summed E-state index contributed by atoms with van der Waals surface area (Å²) in [6, 6.07) is 55.2. The van der Waals surface area contributed by atoms with Crippen LogP contribution in [0.3, 0.4) is 0 Å². The van der Waals surface area contributed by atoms with Crippen molar-refractivity contribution < 1.29 is 13.2 Å². The number of benzene rings is 8. The molecule has 0 spiro atoms. The summed E-state index contributed by atoms with van der Waals surface area (Å²) >= 11 is 0. The van der Waals surface area contributed by atoms with Crippen LogP contribution >= 0.6 is 0 Å². The number of para-hydroxylation sites is 2. The van der Waals surface area contributed by atoms with E-state index in [-0.39, 0.29) is 0 Å². The van der Waals surface area contributed by atoms with Crippen LogP contribution in [0, 0.1) is 36.2 Å². The van der Waals surface area contributed by atoms with Gasteiger partial charge < -0.3 is 9.13 Å². The molecule has 288 valence electrons. The Morgan fingerprint density at radius 1 is 0.508 bits per heavy atom. The Hall–Kier alpha value is -8.38. The lowest BCUT2D eigenvalue weighted by Crippen LogP contribution is -2.07. The fraction of sp³-hybridized carbons (Fsp3) is 0.0377. The molecule has 0 amide bonds. The van der Waals surface area contributed by atoms with E-state index in [1.165, 1.54) is 6.07 Å². The number of hydrogen-bond donors (Lipinski definition) is 0. The average Bonchev–Trinajstić information content (AvgIpc) is 3.80. The van der Waals surface area contributed by atoms with Crippen LogP contribution < -0.4 is 0 Å². The lowest BCUT2D eigenvalue weighted by molar-refractivity contribution is -0.137. The number of nitrogens with zero attached hydrogens (tertiary/aromatic N) is 5. The molecule has 2 heterocycles. The maximum Gasteiger partial charge on any atom is 0.416 e. The third-order valence-electron chi connectivity index (χ3n) is 11.5. The molecule has 0 saturated heterocycles. The number of hydrogen-bond acceptors (Lipinski definition) is 2. The van der Waals surface area contributed by atoms with Crippen LogP contribution in [0.2, 0.25) is 0 Å². The zero-order valence-corrected chi connectivity index (χ0v) is 32.5. The van der Waals surface area contributed by atoms with Crippen LogP contribution in [0.1, 0.15) is 22.3 Å². The molecule has 0 N–H and O–H groups in total. The molecule has 61 heavy (non-hydrogen) atoms. The number of rotatable bonds is 5. The van der Waals surface area contributed by atoms with Crippen molar-refractivity contribution in [2.75, 3.05) is 0 Å². The molecule has 0 radical (unpaired) electrons. The van der Waals surface area contributed by atoms with Crippen molar-refractivity contribution in [1.82, 2.24) is 9.13 Å². The SMILES string of the molecule is [C-]#[N+]c1ccc(-c2ccc3c(c2)c2ccccc2n3-c2cc(C#N)c(-n3c4ccccc4c4cc(-c5ccc(C#N)cc5)ccc43)cc2-c2cc(C)cc(C(F)(F)F)c2)cc1. The lowest BCUT2D eigenvalue weighted by atomic mass is 9.96. The molecule has 8 heteroatoms. The predicted molar refractivity (Wildman–Crippen MR) is 237 cm³/mol. The molecule has 0 fully saturated rings. The highest BCUT2D eigenvalue weighted by atomic mass is 19.4. The summed E-state index contributed by atoms with van der Waals surface area (Å²) in [7, 11) is 0. The van der Waals surface area contributed by atoms with Gasteiger partial charge in [0, 0.05) is 27.1 Å². The molecule has 0 saturated carbocycles. The molecule has 0 aliphatic heterocycles. The zero-order valence-electron chi connectivity index (χ0n) is 32.5. The molecule has 2 aromatic heterocycles. The Balaban J connectivity index is 1.27. The maximum absolute atomic E-state index is 14.6. The van der Waals surface area contributed by atoms with Gasteiger partial charge in [0.25, 0.3) is 0 Å². The highest BCUT2D eigenvalue weighted by molar-refractivity contribution is 6.12. The molecule has 8 aromatic carbocycles. The van der Waals surface area contributed by atoms with E-state index < -0.39 is 11.7 Å². The molecule has 5 nitrogen and oxygen atoms in total. The van der Waals surface area contributed by atoms with Gasteiger partial charge in [0.15, 0.2) is 5.69 Å². The third kappa shape index (κ3) is 6.16. The second-order valence-electron chi connectivity index (χ2n) is 15.1. The minimum atomic E-state index is -4.59. The van der Waals surface area contributed by atoms with E-state index in [9.17, 15) is 23.7 Å². The summed E-state index contributed by atoms with van der Waals surface area (Å²) in [4.78, 5) is 3.53. The first-order valence-corrected chi connectivity index (χ1v) is 19.5. The summed E-state index contributed by atoms with van der Waals surface area (Å²) in [6.45, 7) is 9.04. The minimum absolute atomic E-state index is 0.337. The monoisotopic (exact) mass is 793 g/mol. The van der Waals surface area contributed by atoms with Crippen molar-refractivity contribution in [3.63, 3.8) is 0 Å². The largest absolute Gasteiger partial charge is 0.416 e. The first-order valence-electron chi connectivity index (χ1n) is 19.5. The molecule has 10 aromatic rings. The first-order chi connectivity index (χ1) is 29.6. The predicted octanol–water partition coefficient (Wildman–Crippen LogP) is 14.5. The van der Waals surface area contributed by atoms with E-state index in [0.29, 0.717) is 44.9 Å². The minimum Gasteiger partial charge on any atom is -0.309 e. The Kier molecular flexibility index (Phi) is 8.58. The number of halogens is 3. The van der Waals surface area contributed by atoms with Gasteiger partial charge >= 0.3 is 6.18 Å². The lowest BCUT2D eigenvalue weighted by Gasteiger charge is -2.20. The van der Waals surface area contributed by atoms with E-state index in [2.05, 4.69) is 29.1 Å². The standard InChI is InChI=1S/C53H30F3N5/c1-32-23-38(25-40(24-32)53(54,55)56)44-29-51(60-47-9-5-3-7-42(47)45-26-36(17-21-49(45)60)34-13-11-33(30-57)12-14-34)39(31-58)28-52(44)61-48-10-6-4-8-43(48)46-27-37(18-22-50(46)61)35-15-19-41(59-2)20-16-35/h3-29H,1H3. The molecule has 0 bridgehead atoms. The van der Waals surface area contributed by atoms with Crippen LogP contribution in [-0.4, -0.2) is 9.13 Å². The molecular weight excluding hydrogens is 764 g/mol. The summed E-state index contributed by atoms with van der Waals surface area (Å²) in [5.74, 6) is 0. The normalized spacial score (nSPS) is 11.6. The quantitative estimate of drug-likeness (QED) is 0.163. The van der Waals surface area contributed by atoms with Crippen LogP contribution in [0.15, 0.2) is 164 Å². The molecular formula is C53H30F3N5. The zero-order chi connectivity index (χ0) is 42.0. The Bertz CT molecular complexity index is 3550. The molecule has 0 atom stereocenters. The molecule has 0 aliphatic carbocycles. The van der Waals surface area contributed by atoms with Gasteiger partial charge in [-0.1, -0.05) is 91.0 Å². The Labute approximate surface area is 348 Å². The summed E-state index contributed by atoms with van der Waals surface area (Å²) in [5, 5.41) is 24.1. The fourth-order valence-electron chi connectivity index (χ4n) is 8.66. The number of aryl methyl sites for hydroxylation is 1. The van der Waals surface area contributed by atoms with Gasteiger partial charge in [0.2, 0.25) is 0 Å². The number of aromatic nitrogens is 2. The first kappa shape index (κ1) is 36.9. The topological polar surface area (TPSA) is 61.8 Å². The van der Waals surface area contributed by atoms with E-state index in [1.54, 1.807) is 43.3 Å². The summed E-state index contributed by atoms with van der Waals surface area (Å²) < 4.78 is 47.7. The van der Waals surface area contributed by atoms with E-state index in [1.807, 2.05) is 112 Å². The second-order valence-corrected chi connectivity index (χ2v) is 15.1. The molecule has 10 rings (SSSR count). The van der Waals surface area contributed by atoms with Crippen molar-refractivity contribution in [1.29, 1.82) is 10.5 Å². The van der Waals surface area contributed by atoms with Crippen molar-refractivity contribution in [2.45, 2.75) is 13.1 Å². The van der Waals surface area contributed by atoms with Gasteiger partial charge in [-0.2, -0.15) is 23.7 Å².